The molecule has 5 aromatic rings. The van der Waals surface area contributed by atoms with Gasteiger partial charge in [0.05, 0.1) is 17.7 Å². The summed E-state index contributed by atoms with van der Waals surface area (Å²) in [5, 5.41) is 0. The van der Waals surface area contributed by atoms with Crippen LogP contribution in [0.4, 0.5) is 4.79 Å². The Bertz CT molecular complexity index is 1600. The van der Waals surface area contributed by atoms with E-state index < -0.39 is 8.38 Å². The predicted octanol–water partition coefficient (Wildman–Crippen LogP) is 9.45. The lowest BCUT2D eigenvalue weighted by Gasteiger charge is -2.29. The Kier molecular flexibility index (Phi) is 7.57. The number of fused-ring (bicyclic) bond motifs is 5. The Morgan fingerprint density at radius 1 is 0.581 bits per heavy atom. The Hall–Kier alpha value is -4.60. The van der Waals surface area contributed by atoms with E-state index in [1.165, 1.54) is 0 Å². The molecule has 3 atom stereocenters. The first-order chi connectivity index (χ1) is 21.2. The van der Waals surface area contributed by atoms with E-state index in [4.69, 9.17) is 9.05 Å². The van der Waals surface area contributed by atoms with Crippen molar-refractivity contribution in [3.05, 3.63) is 167 Å². The summed E-state index contributed by atoms with van der Waals surface area (Å²) in [5.74, 6) is 1.51. The summed E-state index contributed by atoms with van der Waals surface area (Å²) in [6.07, 6.45) is 0. The van der Waals surface area contributed by atoms with Crippen molar-refractivity contribution in [1.82, 2.24) is 9.80 Å². The molecule has 214 valence electrons. The number of hydrogen-bond donors (Lipinski definition) is 0. The lowest BCUT2D eigenvalue weighted by Crippen LogP contribution is -2.32. The van der Waals surface area contributed by atoms with Gasteiger partial charge in [-0.3, -0.25) is 0 Å². The highest BCUT2D eigenvalue weighted by Crippen LogP contribution is 2.59. The summed E-state index contributed by atoms with van der Waals surface area (Å²) in [5.41, 5.74) is 5.31. The van der Waals surface area contributed by atoms with Crippen molar-refractivity contribution >= 4 is 14.4 Å². The molecule has 0 saturated carbocycles. The van der Waals surface area contributed by atoms with Crippen LogP contribution < -0.4 is 9.05 Å². The predicted molar refractivity (Wildman–Crippen MR) is 171 cm³/mol. The number of benzene rings is 5. The summed E-state index contributed by atoms with van der Waals surface area (Å²) in [6.45, 7) is 3.13. The minimum atomic E-state index is -1.42. The fraction of sp³-hybridized carbons (Fsp3) is 0.162. The molecule has 0 spiro atoms. The van der Waals surface area contributed by atoms with Gasteiger partial charge in [-0.1, -0.05) is 127 Å². The molecular formula is C37H33N2O3P. The fourth-order valence-corrected chi connectivity index (χ4v) is 7.64. The number of carbonyl (C=O) groups excluding carboxylic acids is 1. The smallest absolute Gasteiger partial charge is 0.321 e. The van der Waals surface area contributed by atoms with Gasteiger partial charge in [-0.05, 0) is 35.7 Å². The number of hydrogen-bond acceptors (Lipinski definition) is 3. The average molecular weight is 585 g/mol. The third-order valence-corrected chi connectivity index (χ3v) is 9.99. The highest BCUT2D eigenvalue weighted by molar-refractivity contribution is 7.48. The molecule has 2 aliphatic rings. The molecule has 1 fully saturated rings. The van der Waals surface area contributed by atoms with Crippen molar-refractivity contribution in [1.29, 1.82) is 0 Å². The molecule has 1 saturated heterocycles. The van der Waals surface area contributed by atoms with Crippen LogP contribution in [0.5, 0.6) is 11.5 Å². The number of urea groups is 1. The zero-order valence-corrected chi connectivity index (χ0v) is 24.9. The minimum Gasteiger partial charge on any atom is -0.438 e. The van der Waals surface area contributed by atoms with E-state index in [1.54, 1.807) is 0 Å². The Morgan fingerprint density at radius 2 is 0.977 bits per heavy atom. The Labute approximate surface area is 254 Å². The van der Waals surface area contributed by atoms with E-state index in [0.29, 0.717) is 13.1 Å². The van der Waals surface area contributed by atoms with E-state index in [2.05, 4.69) is 67.6 Å². The largest absolute Gasteiger partial charge is 0.438 e. The van der Waals surface area contributed by atoms with Crippen LogP contribution in [-0.2, 0) is 13.1 Å². The maximum Gasteiger partial charge on any atom is 0.321 e. The fourth-order valence-electron chi connectivity index (χ4n) is 6.15. The Morgan fingerprint density at radius 3 is 1.44 bits per heavy atom. The molecule has 43 heavy (non-hydrogen) atoms. The molecule has 0 N–H and O–H groups in total. The molecule has 2 aliphatic heterocycles. The van der Waals surface area contributed by atoms with Crippen LogP contribution in [0, 0.1) is 0 Å². The van der Waals surface area contributed by atoms with E-state index in [9.17, 15) is 4.79 Å². The molecule has 2 amide bonds. The van der Waals surface area contributed by atoms with Crippen LogP contribution in [0.3, 0.4) is 0 Å². The van der Waals surface area contributed by atoms with Crippen LogP contribution in [0.15, 0.2) is 140 Å². The molecule has 5 nitrogen and oxygen atoms in total. The van der Waals surface area contributed by atoms with Crippen LogP contribution in [0.25, 0.3) is 0 Å². The topological polar surface area (TPSA) is 42.0 Å². The number of rotatable bonds is 6. The van der Waals surface area contributed by atoms with Crippen molar-refractivity contribution in [2.75, 3.05) is 0 Å². The first-order valence-electron chi connectivity index (χ1n) is 14.7. The van der Waals surface area contributed by atoms with Crippen LogP contribution in [0.2, 0.25) is 0 Å². The molecule has 2 heterocycles. The van der Waals surface area contributed by atoms with Crippen molar-refractivity contribution in [2.45, 2.75) is 37.8 Å². The second-order valence-electron chi connectivity index (χ2n) is 11.0. The van der Waals surface area contributed by atoms with Crippen molar-refractivity contribution < 1.29 is 13.8 Å². The number of carbonyl (C=O) groups is 1. The van der Waals surface area contributed by atoms with E-state index in [-0.39, 0.29) is 23.8 Å². The van der Waals surface area contributed by atoms with Gasteiger partial charge in [0.15, 0.2) is 0 Å². The van der Waals surface area contributed by atoms with Gasteiger partial charge < -0.3 is 18.8 Å². The normalized spacial score (nSPS) is 18.7. The molecular weight excluding hydrogens is 551 g/mol. The van der Waals surface area contributed by atoms with Gasteiger partial charge in [0.2, 0.25) is 0 Å². The van der Waals surface area contributed by atoms with Crippen LogP contribution in [0.1, 0.15) is 52.5 Å². The summed E-state index contributed by atoms with van der Waals surface area (Å²) < 4.78 is 13.7. The maximum atomic E-state index is 14.5. The zero-order valence-electron chi connectivity index (χ0n) is 24.0. The summed E-state index contributed by atoms with van der Waals surface area (Å²) >= 11 is 0. The summed E-state index contributed by atoms with van der Waals surface area (Å²) in [7, 11) is -1.42. The number of amides is 2. The second-order valence-corrected chi connectivity index (χ2v) is 12.7. The lowest BCUT2D eigenvalue weighted by molar-refractivity contribution is 0.180. The molecule has 5 aromatic carbocycles. The van der Waals surface area contributed by atoms with Crippen LogP contribution in [-0.4, -0.2) is 15.8 Å². The van der Waals surface area contributed by atoms with Gasteiger partial charge >= 0.3 is 6.03 Å². The molecule has 0 unspecified atom stereocenters. The van der Waals surface area contributed by atoms with E-state index in [1.807, 2.05) is 88.7 Å². The third-order valence-electron chi connectivity index (χ3n) is 8.30. The van der Waals surface area contributed by atoms with Gasteiger partial charge in [0, 0.05) is 24.2 Å². The zero-order chi connectivity index (χ0) is 29.2. The van der Waals surface area contributed by atoms with Gasteiger partial charge in [-0.25, -0.2) is 4.79 Å². The lowest BCUT2D eigenvalue weighted by atomic mass is 9.91. The first-order valence-corrected chi connectivity index (χ1v) is 15.9. The number of nitrogens with zero attached hydrogens (tertiary/aromatic N) is 2. The van der Waals surface area contributed by atoms with E-state index >= 15 is 0 Å². The van der Waals surface area contributed by atoms with Crippen molar-refractivity contribution in [2.24, 2.45) is 0 Å². The monoisotopic (exact) mass is 584 g/mol. The summed E-state index contributed by atoms with van der Waals surface area (Å²) in [4.78, 5) is 18.6. The van der Waals surface area contributed by atoms with Crippen molar-refractivity contribution in [3.8, 4) is 11.5 Å². The molecule has 0 aromatic heterocycles. The molecule has 0 bridgehead atoms. The number of para-hydroxylation sites is 2. The average Bonchev–Trinajstić information content (AvgIpc) is 3.34. The molecule has 0 radical (unpaired) electrons. The van der Waals surface area contributed by atoms with Gasteiger partial charge in [-0.15, -0.1) is 0 Å². The Balaban J connectivity index is 1.40. The molecule has 0 aliphatic carbocycles. The SMILES string of the molecule is C[C@H](c1ccccc1)P1Oc2ccccc2[C@@H]2[C@@H](c3ccccc3O1)N(Cc1ccccc1)C(=O)N2Cc1ccccc1. The van der Waals surface area contributed by atoms with Crippen LogP contribution >= 0.6 is 8.38 Å². The highest BCUT2D eigenvalue weighted by Gasteiger charge is 2.50. The molecule has 6 heteroatoms. The minimum absolute atomic E-state index is 0.00666. The van der Waals surface area contributed by atoms with Gasteiger partial charge in [0.25, 0.3) is 8.38 Å². The van der Waals surface area contributed by atoms with E-state index in [0.717, 1.165) is 39.3 Å². The van der Waals surface area contributed by atoms with Gasteiger partial charge in [0.1, 0.15) is 11.5 Å². The maximum absolute atomic E-state index is 14.5. The molecule has 7 rings (SSSR count). The standard InChI is InChI=1S/C37H33N2O3P/c1-27(30-19-9-4-10-20-30)43-41-33-23-13-11-21-31(33)35-36(32-22-12-14-24-34(32)42-43)39(26-29-17-7-3-8-18-29)37(40)38(35)25-28-15-5-2-6-16-28/h2-24,27,35-36H,25-26H2,1H3/t27-,35-,36-/m1/s1. The quantitative estimate of drug-likeness (QED) is 0.187. The third kappa shape index (κ3) is 5.37. The highest BCUT2D eigenvalue weighted by atomic mass is 31.2. The first kappa shape index (κ1) is 27.2. The second kappa shape index (κ2) is 11.9. The van der Waals surface area contributed by atoms with Gasteiger partial charge in [-0.2, -0.15) is 0 Å². The summed E-state index contributed by atoms with van der Waals surface area (Å²) in [6, 6.07) is 46.6. The van der Waals surface area contributed by atoms with Crippen molar-refractivity contribution in [3.63, 3.8) is 0 Å².